The molecule has 2 aromatic carbocycles. The summed E-state index contributed by atoms with van der Waals surface area (Å²) >= 11 is 3.64. The minimum Gasteiger partial charge on any atom is -0.493 e. The summed E-state index contributed by atoms with van der Waals surface area (Å²) in [7, 11) is 1.58. The number of rotatable bonds is 7. The summed E-state index contributed by atoms with van der Waals surface area (Å²) in [5.74, 6) is 1.05. The van der Waals surface area contributed by atoms with Gasteiger partial charge < -0.3 is 20.5 Å². The van der Waals surface area contributed by atoms with Gasteiger partial charge in [0.2, 0.25) is 0 Å². The third kappa shape index (κ3) is 4.94. The van der Waals surface area contributed by atoms with Gasteiger partial charge in [0.05, 0.1) is 29.1 Å². The maximum absolute atomic E-state index is 13.4. The Balaban J connectivity index is 1.73. The predicted octanol–water partition coefficient (Wildman–Crippen LogP) is 6.14. The number of allylic oxidation sites excluding steroid dienone is 4. The first kappa shape index (κ1) is 24.9. The van der Waals surface area contributed by atoms with Gasteiger partial charge in [-0.1, -0.05) is 31.5 Å². The zero-order valence-electron chi connectivity index (χ0n) is 20.3. The van der Waals surface area contributed by atoms with Crippen LogP contribution >= 0.6 is 15.9 Å². The number of nitrogens with one attached hydrogen (secondary N) is 1. The lowest BCUT2D eigenvalue weighted by Crippen LogP contribution is -2.34. The largest absolute Gasteiger partial charge is 0.493 e. The number of para-hydroxylation sites is 1. The molecule has 2 unspecified atom stereocenters. The molecule has 3 N–H and O–H groups in total. The van der Waals surface area contributed by atoms with E-state index in [9.17, 15) is 10.1 Å². The molecule has 0 radical (unpaired) electrons. The monoisotopic (exact) mass is 535 g/mol. The van der Waals surface area contributed by atoms with Crippen molar-refractivity contribution in [2.45, 2.75) is 52.1 Å². The predicted molar refractivity (Wildman–Crippen MR) is 140 cm³/mol. The maximum Gasteiger partial charge on any atom is 0.175 e. The van der Waals surface area contributed by atoms with E-state index in [0.717, 1.165) is 41.8 Å². The summed E-state index contributed by atoms with van der Waals surface area (Å²) in [5.41, 5.74) is 11.4. The Morgan fingerprint density at radius 3 is 2.71 bits per heavy atom. The van der Waals surface area contributed by atoms with E-state index in [1.165, 1.54) is 0 Å². The fraction of sp³-hybridized carbons (Fsp3) is 0.357. The summed E-state index contributed by atoms with van der Waals surface area (Å²) in [6.07, 6.45) is 3.39. The molecule has 2 aliphatic rings. The highest BCUT2D eigenvalue weighted by Crippen LogP contribution is 2.47. The van der Waals surface area contributed by atoms with Crippen LogP contribution in [-0.4, -0.2) is 12.9 Å². The Hall–Kier alpha value is -3.24. The summed E-state index contributed by atoms with van der Waals surface area (Å²) in [6, 6.07) is 13.7. The molecule has 0 fully saturated rings. The van der Waals surface area contributed by atoms with Crippen LogP contribution < -0.4 is 20.5 Å². The van der Waals surface area contributed by atoms with Gasteiger partial charge in [-0.2, -0.15) is 5.26 Å². The van der Waals surface area contributed by atoms with Gasteiger partial charge >= 0.3 is 0 Å². The number of halogens is 1. The minimum atomic E-state index is -0.449. The lowest BCUT2D eigenvalue weighted by Gasteiger charge is -2.35. The van der Waals surface area contributed by atoms with Crippen LogP contribution in [-0.2, 0) is 11.4 Å². The van der Waals surface area contributed by atoms with Gasteiger partial charge in [0.1, 0.15) is 6.61 Å². The number of nitrogen functional groups attached to an aromatic ring is 1. The second-order valence-corrected chi connectivity index (χ2v) is 9.96. The van der Waals surface area contributed by atoms with E-state index in [1.54, 1.807) is 7.11 Å². The number of ether oxygens (including phenoxy) is 2. The second kappa shape index (κ2) is 10.6. The van der Waals surface area contributed by atoms with Crippen molar-refractivity contribution < 1.29 is 14.3 Å². The van der Waals surface area contributed by atoms with Gasteiger partial charge in [-0.15, -0.1) is 0 Å². The van der Waals surface area contributed by atoms with Crippen molar-refractivity contribution >= 4 is 27.4 Å². The number of dihydropyridines is 1. The standard InChI is InChI=1S/C28H30BrN3O3/c1-4-7-17-10-23-27(24(33)11-17)26(20(14-30)16(2)32-23)19-12-21(29)28(25(13-19)34-3)35-15-18-8-5-6-9-22(18)31/h5-6,8-9,12-13,17,26,32H,4,7,10-11,15,31H2,1-3H3. The number of methoxy groups -OCH3 is 1. The zero-order chi connectivity index (χ0) is 25.1. The highest BCUT2D eigenvalue weighted by atomic mass is 79.9. The normalized spacial score (nSPS) is 19.7. The van der Waals surface area contributed by atoms with Gasteiger partial charge in [0, 0.05) is 34.6 Å². The van der Waals surface area contributed by atoms with E-state index >= 15 is 0 Å². The number of benzene rings is 2. The quantitative estimate of drug-likeness (QED) is 0.413. The molecule has 182 valence electrons. The average molecular weight is 536 g/mol. The van der Waals surface area contributed by atoms with Crippen LogP contribution in [0.5, 0.6) is 11.5 Å². The highest BCUT2D eigenvalue weighted by molar-refractivity contribution is 9.10. The van der Waals surface area contributed by atoms with E-state index in [4.69, 9.17) is 15.2 Å². The van der Waals surface area contributed by atoms with Crippen molar-refractivity contribution in [3.8, 4) is 17.6 Å². The topological polar surface area (TPSA) is 97.4 Å². The molecule has 1 heterocycles. The van der Waals surface area contributed by atoms with Crippen molar-refractivity contribution in [1.82, 2.24) is 5.32 Å². The fourth-order valence-corrected chi connectivity index (χ4v) is 5.65. The second-order valence-electron chi connectivity index (χ2n) is 9.11. The molecular weight excluding hydrogens is 506 g/mol. The fourth-order valence-electron chi connectivity index (χ4n) is 5.08. The molecule has 4 rings (SSSR count). The Morgan fingerprint density at radius 1 is 1.26 bits per heavy atom. The summed E-state index contributed by atoms with van der Waals surface area (Å²) in [4.78, 5) is 13.4. The molecular formula is C28H30BrN3O3. The zero-order valence-corrected chi connectivity index (χ0v) is 21.9. The van der Waals surface area contributed by atoms with Crippen molar-refractivity contribution in [1.29, 1.82) is 5.26 Å². The molecule has 6 nitrogen and oxygen atoms in total. The van der Waals surface area contributed by atoms with Gasteiger partial charge in [0.25, 0.3) is 0 Å². The highest BCUT2D eigenvalue weighted by Gasteiger charge is 2.39. The molecule has 0 saturated heterocycles. The van der Waals surface area contributed by atoms with Crippen molar-refractivity contribution in [3.63, 3.8) is 0 Å². The number of Topliss-reactive ketones (excluding diaryl/α,β-unsaturated/α-hetero) is 1. The Bertz CT molecular complexity index is 1260. The first-order valence-electron chi connectivity index (χ1n) is 11.9. The molecule has 0 aromatic heterocycles. The van der Waals surface area contributed by atoms with Crippen LogP contribution in [0.2, 0.25) is 0 Å². The van der Waals surface area contributed by atoms with Crippen molar-refractivity contribution in [2.24, 2.45) is 5.92 Å². The van der Waals surface area contributed by atoms with E-state index < -0.39 is 5.92 Å². The van der Waals surface area contributed by atoms with Crippen LogP contribution in [0.4, 0.5) is 5.69 Å². The number of ketones is 1. The maximum atomic E-state index is 13.4. The van der Waals surface area contributed by atoms with Gasteiger partial charge in [-0.05, 0) is 65.4 Å². The molecule has 2 atom stereocenters. The van der Waals surface area contributed by atoms with Gasteiger partial charge in [0.15, 0.2) is 17.3 Å². The molecule has 7 heteroatoms. The van der Waals surface area contributed by atoms with Crippen LogP contribution in [0.1, 0.15) is 56.6 Å². The number of hydrogen-bond donors (Lipinski definition) is 2. The molecule has 1 aliphatic heterocycles. The van der Waals surface area contributed by atoms with Gasteiger partial charge in [-0.3, -0.25) is 4.79 Å². The van der Waals surface area contributed by atoms with Crippen LogP contribution in [0, 0.1) is 17.2 Å². The number of nitrogens with zero attached hydrogens (tertiary/aromatic N) is 1. The number of carbonyl (C=O) groups is 1. The number of carbonyl (C=O) groups excluding carboxylic acids is 1. The lowest BCUT2D eigenvalue weighted by atomic mass is 9.72. The molecule has 0 bridgehead atoms. The average Bonchev–Trinajstić information content (AvgIpc) is 2.83. The van der Waals surface area contributed by atoms with Crippen molar-refractivity contribution in [3.05, 3.63) is 74.5 Å². The molecule has 0 saturated carbocycles. The molecule has 0 amide bonds. The Morgan fingerprint density at radius 2 is 2.03 bits per heavy atom. The Labute approximate surface area is 214 Å². The first-order valence-corrected chi connectivity index (χ1v) is 12.6. The summed E-state index contributed by atoms with van der Waals surface area (Å²) in [5, 5.41) is 13.4. The molecule has 0 spiro atoms. The minimum absolute atomic E-state index is 0.109. The van der Waals surface area contributed by atoms with Crippen molar-refractivity contribution in [2.75, 3.05) is 12.8 Å². The third-order valence-corrected chi connectivity index (χ3v) is 7.33. The van der Waals surface area contributed by atoms with E-state index in [2.05, 4.69) is 34.2 Å². The number of anilines is 1. The number of hydrogen-bond acceptors (Lipinski definition) is 6. The summed E-state index contributed by atoms with van der Waals surface area (Å²) in [6.45, 7) is 4.32. The van der Waals surface area contributed by atoms with Crippen LogP contribution in [0.3, 0.4) is 0 Å². The summed E-state index contributed by atoms with van der Waals surface area (Å²) < 4.78 is 12.5. The first-order chi connectivity index (χ1) is 16.9. The van der Waals surface area contributed by atoms with Crippen LogP contribution in [0.15, 0.2) is 63.4 Å². The van der Waals surface area contributed by atoms with Gasteiger partial charge in [-0.25, -0.2) is 0 Å². The van der Waals surface area contributed by atoms with Crippen LogP contribution in [0.25, 0.3) is 0 Å². The smallest absolute Gasteiger partial charge is 0.175 e. The SMILES string of the molecule is CCCC1CC(=O)C2=C(C1)NC(C)=C(C#N)C2c1cc(Br)c(OCc2ccccc2N)c(OC)c1. The third-order valence-electron chi connectivity index (χ3n) is 6.74. The van der Waals surface area contributed by atoms with E-state index in [1.807, 2.05) is 43.3 Å². The molecule has 35 heavy (non-hydrogen) atoms. The molecule has 2 aromatic rings. The Kier molecular flexibility index (Phi) is 7.51. The number of nitriles is 1. The molecule has 1 aliphatic carbocycles. The lowest BCUT2D eigenvalue weighted by molar-refractivity contribution is -0.117. The van der Waals surface area contributed by atoms with E-state index in [-0.39, 0.29) is 12.4 Å². The van der Waals surface area contributed by atoms with E-state index in [0.29, 0.717) is 45.1 Å². The number of nitrogens with two attached hydrogens (primary N) is 1.